The molecule has 0 aliphatic heterocycles. The van der Waals surface area contributed by atoms with E-state index in [9.17, 15) is 8.42 Å². The molecule has 0 heterocycles. The second kappa shape index (κ2) is 6.68. The van der Waals surface area contributed by atoms with Gasteiger partial charge in [0.1, 0.15) is 0 Å². The molecule has 0 aromatic heterocycles. The Morgan fingerprint density at radius 3 is 2.31 bits per heavy atom. The maximum atomic E-state index is 10.3. The molecule has 13 heavy (non-hydrogen) atoms. The van der Waals surface area contributed by atoms with Crippen LogP contribution in [0.4, 0.5) is 0 Å². The Labute approximate surface area is 84.4 Å². The molecule has 1 N–H and O–H groups in total. The molecule has 0 saturated carbocycles. The van der Waals surface area contributed by atoms with Crippen LogP contribution in [-0.4, -0.2) is 18.7 Å². The van der Waals surface area contributed by atoms with Gasteiger partial charge < -0.3 is 0 Å². The van der Waals surface area contributed by atoms with E-state index in [1.54, 1.807) is 0 Å². The molecule has 0 saturated heterocycles. The molecule has 0 amide bonds. The van der Waals surface area contributed by atoms with Crippen molar-refractivity contribution in [3.05, 3.63) is 0 Å². The van der Waals surface area contributed by atoms with Crippen molar-refractivity contribution in [1.82, 2.24) is 0 Å². The zero-order valence-electron chi connectivity index (χ0n) is 8.19. The van der Waals surface area contributed by atoms with E-state index in [4.69, 9.17) is 4.55 Å². The van der Waals surface area contributed by atoms with Crippen LogP contribution in [0.5, 0.6) is 0 Å². The fourth-order valence-electron chi connectivity index (χ4n) is 0.996. The Hall–Kier alpha value is 0.260. The summed E-state index contributed by atoms with van der Waals surface area (Å²) < 4.78 is 29.0. The zero-order chi connectivity index (χ0) is 10.3. The second-order valence-corrected chi connectivity index (χ2v) is 6.96. The normalized spacial score (nSPS) is 12.3. The Morgan fingerprint density at radius 1 is 1.23 bits per heavy atom. The zero-order valence-corrected chi connectivity index (χ0v) is 9.83. The van der Waals surface area contributed by atoms with Gasteiger partial charge in [-0.05, 0) is 23.1 Å². The molecule has 0 bridgehead atoms. The average Bonchev–Trinajstić information content (AvgIpc) is 1.93. The van der Waals surface area contributed by atoms with Crippen LogP contribution in [0, 0.1) is 5.92 Å². The predicted octanol–water partition coefficient (Wildman–Crippen LogP) is 2.74. The van der Waals surface area contributed by atoms with E-state index < -0.39 is 9.15 Å². The average molecular weight is 226 g/mol. The summed E-state index contributed by atoms with van der Waals surface area (Å²) >= 11 is 0. The highest BCUT2D eigenvalue weighted by molar-refractivity contribution is 8.69. The fraction of sp³-hybridized carbons (Fsp3) is 1.00. The van der Waals surface area contributed by atoms with Gasteiger partial charge in [-0.15, -0.1) is 0 Å². The topological polar surface area (TPSA) is 54.4 Å². The van der Waals surface area contributed by atoms with Gasteiger partial charge in [0.05, 0.1) is 0 Å². The SMILES string of the molecule is CC(C)CCCCCSS(=O)(=O)O. The Balaban J connectivity index is 3.18. The van der Waals surface area contributed by atoms with E-state index in [1.165, 1.54) is 6.42 Å². The van der Waals surface area contributed by atoms with Crippen molar-refractivity contribution >= 4 is 19.9 Å². The largest absolute Gasteiger partial charge is 0.319 e. The quantitative estimate of drug-likeness (QED) is 0.412. The Morgan fingerprint density at radius 2 is 1.85 bits per heavy atom. The van der Waals surface area contributed by atoms with Crippen molar-refractivity contribution in [1.29, 1.82) is 0 Å². The van der Waals surface area contributed by atoms with E-state index in [-0.39, 0.29) is 0 Å². The summed E-state index contributed by atoms with van der Waals surface area (Å²) in [6.45, 7) is 4.35. The first-order valence-corrected chi connectivity index (χ1v) is 7.48. The van der Waals surface area contributed by atoms with Gasteiger partial charge in [-0.3, -0.25) is 4.55 Å². The third kappa shape index (κ3) is 12.3. The molecule has 0 spiro atoms. The molecule has 0 aliphatic carbocycles. The van der Waals surface area contributed by atoms with Crippen molar-refractivity contribution < 1.29 is 13.0 Å². The summed E-state index contributed by atoms with van der Waals surface area (Å²) in [7, 11) is -3.19. The molecule has 0 rings (SSSR count). The Bertz CT molecular complexity index is 209. The number of hydrogen-bond donors (Lipinski definition) is 1. The van der Waals surface area contributed by atoms with Gasteiger partial charge in [-0.25, -0.2) is 0 Å². The van der Waals surface area contributed by atoms with Gasteiger partial charge in [0.2, 0.25) is 0 Å². The highest BCUT2D eigenvalue weighted by Crippen LogP contribution is 2.14. The molecule has 80 valence electrons. The third-order valence-electron chi connectivity index (χ3n) is 1.66. The maximum Gasteiger partial charge on any atom is 0.319 e. The molecule has 0 fully saturated rings. The van der Waals surface area contributed by atoms with E-state index in [0.717, 1.165) is 19.3 Å². The molecule has 5 heteroatoms. The van der Waals surface area contributed by atoms with Gasteiger partial charge >= 0.3 is 9.15 Å². The van der Waals surface area contributed by atoms with Crippen molar-refractivity contribution in [2.75, 3.05) is 5.75 Å². The smallest absolute Gasteiger partial charge is 0.277 e. The maximum absolute atomic E-state index is 10.3. The first kappa shape index (κ1) is 13.3. The molecule has 0 atom stereocenters. The Kier molecular flexibility index (Phi) is 6.81. The van der Waals surface area contributed by atoms with E-state index in [2.05, 4.69) is 13.8 Å². The van der Waals surface area contributed by atoms with Gasteiger partial charge in [-0.2, -0.15) is 8.42 Å². The lowest BCUT2D eigenvalue weighted by Gasteiger charge is -2.03. The van der Waals surface area contributed by atoms with Crippen LogP contribution in [0.15, 0.2) is 0 Å². The van der Waals surface area contributed by atoms with Crippen molar-refractivity contribution in [2.45, 2.75) is 39.5 Å². The molecule has 0 aromatic rings. The van der Waals surface area contributed by atoms with Gasteiger partial charge in [0.25, 0.3) is 0 Å². The van der Waals surface area contributed by atoms with Crippen LogP contribution < -0.4 is 0 Å². The van der Waals surface area contributed by atoms with Crippen molar-refractivity contribution in [3.63, 3.8) is 0 Å². The van der Waals surface area contributed by atoms with Crippen LogP contribution >= 0.6 is 10.8 Å². The summed E-state index contributed by atoms with van der Waals surface area (Å²) in [5.74, 6) is 1.21. The van der Waals surface area contributed by atoms with Crippen LogP contribution in [0.2, 0.25) is 0 Å². The predicted molar refractivity (Wildman–Crippen MR) is 57.3 cm³/mol. The lowest BCUT2D eigenvalue weighted by Crippen LogP contribution is -1.93. The van der Waals surface area contributed by atoms with Crippen molar-refractivity contribution in [2.24, 2.45) is 5.92 Å². The fourth-order valence-corrected chi connectivity index (χ4v) is 2.51. The lowest BCUT2D eigenvalue weighted by molar-refractivity contribution is 0.502. The van der Waals surface area contributed by atoms with E-state index in [1.807, 2.05) is 0 Å². The molecule has 0 aromatic carbocycles. The monoisotopic (exact) mass is 226 g/mol. The minimum atomic E-state index is -3.81. The lowest BCUT2D eigenvalue weighted by atomic mass is 10.1. The number of unbranched alkanes of at least 4 members (excludes halogenated alkanes) is 2. The second-order valence-electron chi connectivity index (χ2n) is 3.49. The summed E-state index contributed by atoms with van der Waals surface area (Å²) in [5.41, 5.74) is 0. The minimum absolute atomic E-state index is 0.497. The van der Waals surface area contributed by atoms with E-state index in [0.29, 0.717) is 22.5 Å². The van der Waals surface area contributed by atoms with Crippen LogP contribution in [-0.2, 0) is 9.15 Å². The molecule has 0 radical (unpaired) electrons. The highest BCUT2D eigenvalue weighted by Gasteiger charge is 2.03. The third-order valence-corrected chi connectivity index (χ3v) is 3.80. The van der Waals surface area contributed by atoms with Gasteiger partial charge in [0, 0.05) is 5.75 Å². The summed E-state index contributed by atoms with van der Waals surface area (Å²) in [6, 6.07) is 0. The summed E-state index contributed by atoms with van der Waals surface area (Å²) in [4.78, 5) is 0. The van der Waals surface area contributed by atoms with Crippen LogP contribution in [0.1, 0.15) is 39.5 Å². The van der Waals surface area contributed by atoms with E-state index >= 15 is 0 Å². The standard InChI is InChI=1S/C8H18O3S2/c1-8(2)6-4-3-5-7-12-13(9,10)11/h8H,3-7H2,1-2H3,(H,9,10,11). The van der Waals surface area contributed by atoms with Crippen LogP contribution in [0.25, 0.3) is 0 Å². The highest BCUT2D eigenvalue weighted by atomic mass is 33.1. The first-order valence-electron chi connectivity index (χ1n) is 4.53. The van der Waals surface area contributed by atoms with Crippen molar-refractivity contribution in [3.8, 4) is 0 Å². The molecular weight excluding hydrogens is 208 g/mol. The molecule has 3 nitrogen and oxygen atoms in total. The first-order chi connectivity index (χ1) is 5.92. The molecule has 0 unspecified atom stereocenters. The number of hydrogen-bond acceptors (Lipinski definition) is 3. The van der Waals surface area contributed by atoms with Gasteiger partial charge in [0.15, 0.2) is 0 Å². The summed E-state index contributed by atoms with van der Waals surface area (Å²) in [6.07, 6.45) is 4.23. The van der Waals surface area contributed by atoms with Gasteiger partial charge in [-0.1, -0.05) is 33.1 Å². The minimum Gasteiger partial charge on any atom is -0.277 e. The summed E-state index contributed by atoms with van der Waals surface area (Å²) in [5, 5.41) is 0. The molecule has 0 aliphatic rings. The van der Waals surface area contributed by atoms with Crippen LogP contribution in [0.3, 0.4) is 0 Å². The molecular formula is C8H18O3S2. The number of rotatable bonds is 7.